The van der Waals surface area contributed by atoms with Crippen LogP contribution in [0.1, 0.15) is 38.6 Å². The van der Waals surface area contributed by atoms with Crippen LogP contribution in [-0.2, 0) is 27.1 Å². The van der Waals surface area contributed by atoms with Gasteiger partial charge in [0.2, 0.25) is 0 Å². The fraction of sp³-hybridized carbons (Fsp3) is 0.778. The Morgan fingerprint density at radius 3 is 2.12 bits per heavy atom. The van der Waals surface area contributed by atoms with Gasteiger partial charge in [0.1, 0.15) is 6.10 Å². The Labute approximate surface area is 150 Å². The van der Waals surface area contributed by atoms with Gasteiger partial charge in [-0.25, -0.2) is 0 Å². The highest BCUT2D eigenvalue weighted by Crippen LogP contribution is 2.10. The van der Waals surface area contributed by atoms with Crippen LogP contribution in [-0.4, -0.2) is 71.5 Å². The molecule has 2 N–H and O–H groups in total. The first kappa shape index (κ1) is 21.9. The van der Waals surface area contributed by atoms with Crippen molar-refractivity contribution < 1.29 is 24.4 Å². The summed E-state index contributed by atoms with van der Waals surface area (Å²) in [5.41, 5.74) is 1.51. The van der Waals surface area contributed by atoms with Gasteiger partial charge in [0.05, 0.1) is 30.2 Å². The Morgan fingerprint density at radius 1 is 0.960 bits per heavy atom. The predicted octanol–water partition coefficient (Wildman–Crippen LogP) is 1.15. The quantitative estimate of drug-likeness (QED) is 0.483. The average Bonchev–Trinajstić information content (AvgIpc) is 2.61. The van der Waals surface area contributed by atoms with Gasteiger partial charge in [-0.3, -0.25) is 9.97 Å². The van der Waals surface area contributed by atoms with Crippen LogP contribution >= 0.6 is 0 Å². The molecule has 0 aliphatic heterocycles. The van der Waals surface area contributed by atoms with Gasteiger partial charge in [0, 0.05) is 51.7 Å². The first-order chi connectivity index (χ1) is 12.1. The van der Waals surface area contributed by atoms with E-state index in [9.17, 15) is 10.2 Å². The molecule has 0 saturated heterocycles. The summed E-state index contributed by atoms with van der Waals surface area (Å²) in [6, 6.07) is 0. The van der Waals surface area contributed by atoms with Crippen LogP contribution < -0.4 is 0 Å². The van der Waals surface area contributed by atoms with Crippen LogP contribution in [0.15, 0.2) is 12.4 Å². The lowest BCUT2D eigenvalue weighted by molar-refractivity contribution is -0.0586. The fourth-order valence-corrected chi connectivity index (χ4v) is 2.51. The third-order valence-electron chi connectivity index (χ3n) is 3.79. The topological polar surface area (TPSA) is 93.9 Å². The van der Waals surface area contributed by atoms with Gasteiger partial charge in [-0.15, -0.1) is 0 Å². The van der Waals surface area contributed by atoms with Crippen molar-refractivity contribution in [2.75, 3.05) is 33.0 Å². The highest BCUT2D eigenvalue weighted by atomic mass is 16.5. The highest BCUT2D eigenvalue weighted by Gasteiger charge is 2.20. The Hall–Kier alpha value is -1.12. The Bertz CT molecular complexity index is 444. The molecule has 1 aromatic heterocycles. The molecule has 7 heteroatoms. The smallest absolute Gasteiger partial charge is 0.107 e. The van der Waals surface area contributed by atoms with Crippen molar-refractivity contribution in [1.29, 1.82) is 0 Å². The summed E-state index contributed by atoms with van der Waals surface area (Å²) in [7, 11) is 0. The maximum atomic E-state index is 10.1. The lowest BCUT2D eigenvalue weighted by Crippen LogP contribution is -2.34. The molecule has 0 aliphatic carbocycles. The minimum Gasteiger partial charge on any atom is -0.394 e. The van der Waals surface area contributed by atoms with Crippen molar-refractivity contribution in [2.45, 2.75) is 58.3 Å². The van der Waals surface area contributed by atoms with Gasteiger partial charge in [0.25, 0.3) is 0 Å². The molecule has 0 unspecified atom stereocenters. The average molecular weight is 356 g/mol. The van der Waals surface area contributed by atoms with Crippen molar-refractivity contribution in [1.82, 2.24) is 9.97 Å². The van der Waals surface area contributed by atoms with E-state index < -0.39 is 12.2 Å². The molecule has 0 aromatic carbocycles. The zero-order valence-corrected chi connectivity index (χ0v) is 15.6. The third-order valence-corrected chi connectivity index (χ3v) is 3.79. The van der Waals surface area contributed by atoms with E-state index in [1.165, 1.54) is 0 Å². The van der Waals surface area contributed by atoms with Crippen LogP contribution in [0, 0.1) is 0 Å². The van der Waals surface area contributed by atoms with Gasteiger partial charge >= 0.3 is 0 Å². The number of aliphatic hydroxyl groups is 2. The van der Waals surface area contributed by atoms with Crippen LogP contribution in [0.3, 0.4) is 0 Å². The van der Waals surface area contributed by atoms with Crippen LogP contribution in [0.25, 0.3) is 0 Å². The van der Waals surface area contributed by atoms with E-state index in [0.717, 1.165) is 12.1 Å². The number of ether oxygens (including phenoxy) is 3. The summed E-state index contributed by atoms with van der Waals surface area (Å²) in [6.07, 6.45) is 3.79. The summed E-state index contributed by atoms with van der Waals surface area (Å²) in [6.45, 7) is 7.99. The molecule has 0 aliphatic rings. The summed E-state index contributed by atoms with van der Waals surface area (Å²) in [5.74, 6) is 0. The van der Waals surface area contributed by atoms with Crippen molar-refractivity contribution >= 4 is 0 Å². The van der Waals surface area contributed by atoms with Crippen molar-refractivity contribution in [2.24, 2.45) is 0 Å². The second-order valence-corrected chi connectivity index (χ2v) is 5.71. The van der Waals surface area contributed by atoms with E-state index >= 15 is 0 Å². The molecule has 1 aromatic rings. The molecule has 1 heterocycles. The largest absolute Gasteiger partial charge is 0.394 e. The van der Waals surface area contributed by atoms with Gasteiger partial charge in [0.15, 0.2) is 0 Å². The number of aliphatic hydroxyl groups excluding tert-OH is 2. The SMILES string of the molecule is CCOCC[C@H](Cc1cnc(C[C@H](O)[C@H](CO)OCC)cn1)OCC. The summed E-state index contributed by atoms with van der Waals surface area (Å²) < 4.78 is 16.4. The zero-order valence-electron chi connectivity index (χ0n) is 15.6. The maximum absolute atomic E-state index is 10.1. The second-order valence-electron chi connectivity index (χ2n) is 5.71. The number of hydrogen-bond donors (Lipinski definition) is 2. The molecule has 0 amide bonds. The first-order valence-corrected chi connectivity index (χ1v) is 9.04. The lowest BCUT2D eigenvalue weighted by atomic mass is 10.1. The molecule has 0 spiro atoms. The van der Waals surface area contributed by atoms with Gasteiger partial charge in [-0.2, -0.15) is 0 Å². The normalized spacial score (nSPS) is 15.1. The summed E-state index contributed by atoms with van der Waals surface area (Å²) in [4.78, 5) is 8.77. The molecule has 1 rings (SSSR count). The van der Waals surface area contributed by atoms with Crippen LogP contribution in [0.4, 0.5) is 0 Å². The molecule has 0 fully saturated rings. The van der Waals surface area contributed by atoms with E-state index in [4.69, 9.17) is 14.2 Å². The molecular weight excluding hydrogens is 324 g/mol. The zero-order chi connectivity index (χ0) is 18.5. The third kappa shape index (κ3) is 8.69. The monoisotopic (exact) mass is 356 g/mol. The molecule has 144 valence electrons. The molecular formula is C18H32N2O5. The number of rotatable bonds is 14. The fourth-order valence-electron chi connectivity index (χ4n) is 2.51. The Kier molecular flexibility index (Phi) is 11.5. The van der Waals surface area contributed by atoms with E-state index in [-0.39, 0.29) is 19.1 Å². The van der Waals surface area contributed by atoms with Crippen molar-refractivity contribution in [3.63, 3.8) is 0 Å². The summed E-state index contributed by atoms with van der Waals surface area (Å²) in [5, 5.41) is 19.4. The molecule has 0 saturated carbocycles. The van der Waals surface area contributed by atoms with E-state index in [0.29, 0.717) is 38.5 Å². The highest BCUT2D eigenvalue weighted by molar-refractivity contribution is 5.05. The van der Waals surface area contributed by atoms with Gasteiger partial charge < -0.3 is 24.4 Å². The predicted molar refractivity (Wildman–Crippen MR) is 94.5 cm³/mol. The van der Waals surface area contributed by atoms with Crippen molar-refractivity contribution in [3.8, 4) is 0 Å². The van der Waals surface area contributed by atoms with E-state index in [1.807, 2.05) is 20.8 Å². The maximum Gasteiger partial charge on any atom is 0.107 e. The minimum atomic E-state index is -0.813. The number of aromatic nitrogens is 2. The minimum absolute atomic E-state index is 0.0546. The van der Waals surface area contributed by atoms with E-state index in [1.54, 1.807) is 12.4 Å². The number of nitrogens with zero attached hydrogens (tertiary/aromatic N) is 2. The van der Waals surface area contributed by atoms with Gasteiger partial charge in [-0.05, 0) is 27.2 Å². The van der Waals surface area contributed by atoms with Crippen LogP contribution in [0.2, 0.25) is 0 Å². The molecule has 3 atom stereocenters. The summed E-state index contributed by atoms with van der Waals surface area (Å²) >= 11 is 0. The van der Waals surface area contributed by atoms with E-state index in [2.05, 4.69) is 9.97 Å². The standard InChI is InChI=1S/C18H32N2O5/c1-4-23-8-7-16(24-5-2)9-14-11-20-15(12-19-14)10-17(22)18(13-21)25-6-3/h11-12,16-18,21-22H,4-10,13H2,1-3H3/t16-,17+,18+/m1/s1. The molecule has 25 heavy (non-hydrogen) atoms. The second kappa shape index (κ2) is 13.1. The number of hydrogen-bond acceptors (Lipinski definition) is 7. The van der Waals surface area contributed by atoms with Crippen LogP contribution in [0.5, 0.6) is 0 Å². The van der Waals surface area contributed by atoms with Gasteiger partial charge in [-0.1, -0.05) is 0 Å². The Morgan fingerprint density at radius 2 is 1.60 bits per heavy atom. The molecule has 7 nitrogen and oxygen atoms in total. The lowest BCUT2D eigenvalue weighted by Gasteiger charge is -2.20. The Balaban J connectivity index is 2.55. The molecule has 0 bridgehead atoms. The van der Waals surface area contributed by atoms with Crippen molar-refractivity contribution in [3.05, 3.63) is 23.8 Å². The molecule has 0 radical (unpaired) electrons. The first-order valence-electron chi connectivity index (χ1n) is 9.04.